The van der Waals surface area contributed by atoms with Gasteiger partial charge in [0.25, 0.3) is 11.8 Å². The summed E-state index contributed by atoms with van der Waals surface area (Å²) in [6, 6.07) is 10.0. The molecule has 2 heterocycles. The van der Waals surface area contributed by atoms with Gasteiger partial charge in [0.15, 0.2) is 5.54 Å². The third kappa shape index (κ3) is 4.04. The number of alkyl halides is 3. The van der Waals surface area contributed by atoms with Crippen LogP contribution in [0.15, 0.2) is 59.3 Å². The van der Waals surface area contributed by atoms with E-state index < -0.39 is 35.1 Å². The Hall–Kier alpha value is -4.15. The van der Waals surface area contributed by atoms with Gasteiger partial charge in [-0.05, 0) is 36.2 Å². The van der Waals surface area contributed by atoms with Crippen LogP contribution >= 0.6 is 0 Å². The first kappa shape index (κ1) is 22.1. The quantitative estimate of drug-likeness (QED) is 0.509. The number of aromatic nitrogens is 1. The van der Waals surface area contributed by atoms with Gasteiger partial charge in [-0.3, -0.25) is 14.9 Å². The van der Waals surface area contributed by atoms with E-state index in [9.17, 15) is 27.6 Å². The zero-order valence-corrected chi connectivity index (χ0v) is 17.1. The molecule has 0 spiro atoms. The molecule has 1 fully saturated rings. The number of aryl methyl sites for hydroxylation is 1. The molecule has 8 nitrogen and oxygen atoms in total. The monoisotopic (exact) mass is 458 g/mol. The third-order valence-corrected chi connectivity index (χ3v) is 5.30. The lowest BCUT2D eigenvalue weighted by molar-refractivity contribution is -0.137. The summed E-state index contributed by atoms with van der Waals surface area (Å²) in [5.41, 5.74) is -0.866. The van der Waals surface area contributed by atoms with E-state index in [4.69, 9.17) is 4.52 Å². The average Bonchev–Trinajstić information content (AvgIpc) is 3.34. The molecule has 1 saturated heterocycles. The highest BCUT2D eigenvalue weighted by atomic mass is 19.4. The van der Waals surface area contributed by atoms with Gasteiger partial charge < -0.3 is 15.2 Å². The van der Waals surface area contributed by atoms with E-state index in [1.165, 1.54) is 24.5 Å². The summed E-state index contributed by atoms with van der Waals surface area (Å²) in [5.74, 6) is -1.30. The van der Waals surface area contributed by atoms with Crippen LogP contribution in [0.2, 0.25) is 0 Å². The van der Waals surface area contributed by atoms with Crippen LogP contribution in [0.3, 0.4) is 0 Å². The molecule has 1 aliphatic rings. The molecule has 0 aliphatic carbocycles. The smallest absolute Gasteiger partial charge is 0.364 e. The highest BCUT2D eigenvalue weighted by Gasteiger charge is 2.51. The molecule has 1 aliphatic heterocycles. The van der Waals surface area contributed by atoms with Gasteiger partial charge in [-0.2, -0.15) is 13.2 Å². The minimum absolute atomic E-state index is 0.141. The number of halogens is 3. The minimum atomic E-state index is -4.48. The van der Waals surface area contributed by atoms with E-state index in [1.54, 1.807) is 25.1 Å². The van der Waals surface area contributed by atoms with Crippen molar-refractivity contribution in [1.82, 2.24) is 21.1 Å². The second-order valence-electron chi connectivity index (χ2n) is 7.46. The third-order valence-electron chi connectivity index (χ3n) is 5.30. The molecule has 4 rings (SSSR count). The Kier molecular flexibility index (Phi) is 5.40. The van der Waals surface area contributed by atoms with Crippen LogP contribution in [0.5, 0.6) is 0 Å². The van der Waals surface area contributed by atoms with Crippen molar-refractivity contribution in [3.05, 3.63) is 77.2 Å². The molecular weight excluding hydrogens is 441 g/mol. The number of benzene rings is 2. The summed E-state index contributed by atoms with van der Waals surface area (Å²) in [4.78, 5) is 37.4. The van der Waals surface area contributed by atoms with Gasteiger partial charge >= 0.3 is 12.2 Å². The van der Waals surface area contributed by atoms with E-state index in [0.717, 1.165) is 12.1 Å². The van der Waals surface area contributed by atoms with Crippen LogP contribution in [0.4, 0.5) is 18.0 Å². The Morgan fingerprint density at radius 3 is 2.39 bits per heavy atom. The number of hydrogen-bond acceptors (Lipinski definition) is 5. The fraction of sp³-hybridized carbons (Fsp3) is 0.182. The molecule has 1 unspecified atom stereocenters. The van der Waals surface area contributed by atoms with E-state index in [2.05, 4.69) is 21.1 Å². The second-order valence-corrected chi connectivity index (χ2v) is 7.46. The molecule has 33 heavy (non-hydrogen) atoms. The lowest BCUT2D eigenvalue weighted by atomic mass is 9.92. The van der Waals surface area contributed by atoms with Gasteiger partial charge in [0, 0.05) is 11.1 Å². The van der Waals surface area contributed by atoms with Gasteiger partial charge in [-0.25, -0.2) is 4.79 Å². The van der Waals surface area contributed by atoms with Crippen molar-refractivity contribution in [2.45, 2.75) is 18.6 Å². The average molecular weight is 458 g/mol. The van der Waals surface area contributed by atoms with Gasteiger partial charge in [0.1, 0.15) is 12.0 Å². The normalized spacial score (nSPS) is 18.1. The minimum Gasteiger partial charge on any atom is -0.364 e. The summed E-state index contributed by atoms with van der Waals surface area (Å²) in [6.45, 7) is 1.30. The number of nitrogens with one attached hydrogen (secondary N) is 3. The van der Waals surface area contributed by atoms with Crippen LogP contribution in [0.1, 0.15) is 27.2 Å². The van der Waals surface area contributed by atoms with Crippen LogP contribution in [0, 0.1) is 6.92 Å². The molecule has 3 N–H and O–H groups in total. The first-order valence-corrected chi connectivity index (χ1v) is 9.72. The largest absolute Gasteiger partial charge is 0.416 e. The Morgan fingerprint density at radius 1 is 1.12 bits per heavy atom. The number of carbonyl (C=O) groups excluding carboxylic acids is 3. The molecule has 170 valence electrons. The van der Waals surface area contributed by atoms with E-state index in [-0.39, 0.29) is 17.8 Å². The first-order valence-electron chi connectivity index (χ1n) is 9.72. The van der Waals surface area contributed by atoms with Gasteiger partial charge in [0.05, 0.1) is 12.1 Å². The maximum absolute atomic E-state index is 13.0. The van der Waals surface area contributed by atoms with Gasteiger partial charge in [-0.15, -0.1) is 0 Å². The fourth-order valence-corrected chi connectivity index (χ4v) is 3.65. The van der Waals surface area contributed by atoms with Crippen LogP contribution in [-0.4, -0.2) is 29.5 Å². The molecule has 3 aromatic rings. The van der Waals surface area contributed by atoms with Crippen molar-refractivity contribution < 1.29 is 32.1 Å². The Bertz CT molecular complexity index is 1240. The summed E-state index contributed by atoms with van der Waals surface area (Å²) in [5, 5.41) is 11.0. The SMILES string of the molecule is Cc1conc1C1(CNC(=O)c2ccccc2-c2ccc(C(F)(F)F)cc2)NC(=O)NC1=O. The van der Waals surface area contributed by atoms with Gasteiger partial charge in [-0.1, -0.05) is 35.5 Å². The number of amides is 4. The predicted molar refractivity (Wildman–Crippen MR) is 109 cm³/mol. The number of urea groups is 1. The second kappa shape index (κ2) is 8.08. The lowest BCUT2D eigenvalue weighted by Gasteiger charge is -2.24. The summed E-state index contributed by atoms with van der Waals surface area (Å²) >= 11 is 0. The van der Waals surface area contributed by atoms with Crippen LogP contribution in [-0.2, 0) is 16.5 Å². The van der Waals surface area contributed by atoms with E-state index >= 15 is 0 Å². The molecule has 1 atom stereocenters. The van der Waals surface area contributed by atoms with Crippen molar-refractivity contribution in [3.63, 3.8) is 0 Å². The number of hydrogen-bond donors (Lipinski definition) is 3. The number of nitrogens with zero attached hydrogens (tertiary/aromatic N) is 1. The number of imide groups is 1. The Labute approximate surface area is 185 Å². The standard InChI is InChI=1S/C22H17F3N4O4/c1-12-10-33-29-17(12)21(19(31)27-20(32)28-21)11-26-18(30)16-5-3-2-4-15(16)13-6-8-14(9-7-13)22(23,24)25/h2-10H,11H2,1H3,(H,26,30)(H2,27,28,31,32). The zero-order valence-electron chi connectivity index (χ0n) is 17.1. The molecule has 4 amide bonds. The van der Waals surface area contributed by atoms with Crippen molar-refractivity contribution in [3.8, 4) is 11.1 Å². The number of rotatable bonds is 5. The lowest BCUT2D eigenvalue weighted by Crippen LogP contribution is -2.53. The van der Waals surface area contributed by atoms with Crippen LogP contribution in [0.25, 0.3) is 11.1 Å². The highest BCUT2D eigenvalue weighted by Crippen LogP contribution is 2.32. The fourth-order valence-electron chi connectivity index (χ4n) is 3.65. The molecule has 2 aromatic carbocycles. The Balaban J connectivity index is 1.61. The Morgan fingerprint density at radius 2 is 1.82 bits per heavy atom. The molecule has 0 bridgehead atoms. The van der Waals surface area contributed by atoms with E-state index in [1.807, 2.05) is 0 Å². The summed E-state index contributed by atoms with van der Waals surface area (Å²) < 4.78 is 43.5. The summed E-state index contributed by atoms with van der Waals surface area (Å²) in [7, 11) is 0. The molecule has 1 aromatic heterocycles. The van der Waals surface area contributed by atoms with Crippen molar-refractivity contribution in [1.29, 1.82) is 0 Å². The maximum Gasteiger partial charge on any atom is 0.416 e. The van der Waals surface area contributed by atoms with Crippen molar-refractivity contribution in [2.24, 2.45) is 0 Å². The van der Waals surface area contributed by atoms with Crippen LogP contribution < -0.4 is 16.0 Å². The molecule has 0 saturated carbocycles. The summed E-state index contributed by atoms with van der Waals surface area (Å²) in [6.07, 6.45) is -3.17. The van der Waals surface area contributed by atoms with Crippen molar-refractivity contribution in [2.75, 3.05) is 6.54 Å². The first-order chi connectivity index (χ1) is 15.6. The van der Waals surface area contributed by atoms with E-state index in [0.29, 0.717) is 16.7 Å². The maximum atomic E-state index is 13.0. The highest BCUT2D eigenvalue weighted by molar-refractivity contribution is 6.08. The molecule has 0 radical (unpaired) electrons. The predicted octanol–water partition coefficient (Wildman–Crippen LogP) is 3.13. The molecular formula is C22H17F3N4O4. The molecule has 11 heteroatoms. The van der Waals surface area contributed by atoms with Crippen molar-refractivity contribution >= 4 is 17.8 Å². The zero-order chi connectivity index (χ0) is 23.8. The number of carbonyl (C=O) groups is 3. The van der Waals surface area contributed by atoms with Gasteiger partial charge in [0.2, 0.25) is 0 Å². The topological polar surface area (TPSA) is 113 Å².